The molecule has 0 fully saturated rings. The first-order valence-corrected chi connectivity index (χ1v) is 9.85. The van der Waals surface area contributed by atoms with E-state index in [0.717, 1.165) is 23.4 Å². The van der Waals surface area contributed by atoms with Crippen LogP contribution in [0.3, 0.4) is 0 Å². The first-order chi connectivity index (χ1) is 14.1. The van der Waals surface area contributed by atoms with E-state index in [1.54, 1.807) is 14.2 Å². The quantitative estimate of drug-likeness (QED) is 0.502. The average Bonchev–Trinajstić information content (AvgIpc) is 2.74. The molecule has 0 spiro atoms. The van der Waals surface area contributed by atoms with Crippen molar-refractivity contribution < 1.29 is 14.2 Å². The Labute approximate surface area is 177 Å². The van der Waals surface area contributed by atoms with Gasteiger partial charge in [0.15, 0.2) is 11.5 Å². The first-order valence-electron chi connectivity index (χ1n) is 9.47. The van der Waals surface area contributed by atoms with Crippen molar-refractivity contribution in [3.8, 4) is 17.2 Å². The van der Waals surface area contributed by atoms with E-state index in [2.05, 4.69) is 24.4 Å². The van der Waals surface area contributed by atoms with Crippen LogP contribution in [0.25, 0.3) is 0 Å². The number of nitrogens with one attached hydrogen (secondary N) is 1. The lowest BCUT2D eigenvalue weighted by Crippen LogP contribution is -2.13. The molecule has 0 unspecified atom stereocenters. The van der Waals surface area contributed by atoms with Gasteiger partial charge in [-0.25, -0.2) is 0 Å². The highest BCUT2D eigenvalue weighted by Crippen LogP contribution is 2.34. The summed E-state index contributed by atoms with van der Waals surface area (Å²) in [6.07, 6.45) is 0. The molecule has 0 aliphatic rings. The topological polar surface area (TPSA) is 39.7 Å². The minimum Gasteiger partial charge on any atom is -0.497 e. The summed E-state index contributed by atoms with van der Waals surface area (Å²) in [5.74, 6) is 2.16. The lowest BCUT2D eigenvalue weighted by atomic mass is 10.1. The van der Waals surface area contributed by atoms with Gasteiger partial charge >= 0.3 is 0 Å². The molecule has 0 aliphatic carbocycles. The summed E-state index contributed by atoms with van der Waals surface area (Å²) in [4.78, 5) is 0. The number of ether oxygens (including phenoxy) is 3. The molecule has 4 nitrogen and oxygen atoms in total. The molecule has 0 aromatic heterocycles. The molecule has 3 aromatic rings. The molecular formula is C24H26ClNO3. The van der Waals surface area contributed by atoms with Crippen molar-refractivity contribution >= 4 is 11.6 Å². The number of hydrogen-bond donors (Lipinski definition) is 1. The van der Waals surface area contributed by atoms with Gasteiger partial charge in [-0.3, -0.25) is 0 Å². The zero-order valence-corrected chi connectivity index (χ0v) is 17.8. The van der Waals surface area contributed by atoms with E-state index in [0.29, 0.717) is 29.7 Å². The van der Waals surface area contributed by atoms with E-state index in [-0.39, 0.29) is 0 Å². The summed E-state index contributed by atoms with van der Waals surface area (Å²) in [6.45, 7) is 3.88. The smallest absolute Gasteiger partial charge is 0.163 e. The van der Waals surface area contributed by atoms with Crippen LogP contribution in [0.15, 0.2) is 60.7 Å². The molecule has 0 bridgehead atoms. The minimum atomic E-state index is 0.462. The third kappa shape index (κ3) is 5.89. The lowest BCUT2D eigenvalue weighted by Gasteiger charge is -2.15. The van der Waals surface area contributed by atoms with Crippen molar-refractivity contribution in [3.63, 3.8) is 0 Å². The van der Waals surface area contributed by atoms with Crippen LogP contribution < -0.4 is 19.5 Å². The van der Waals surface area contributed by atoms with Crippen molar-refractivity contribution in [3.05, 3.63) is 87.9 Å². The fourth-order valence-corrected chi connectivity index (χ4v) is 3.25. The summed E-state index contributed by atoms with van der Waals surface area (Å²) in [7, 11) is 3.30. The number of aryl methyl sites for hydroxylation is 1. The highest BCUT2D eigenvalue weighted by molar-refractivity contribution is 6.31. The van der Waals surface area contributed by atoms with Gasteiger partial charge in [0, 0.05) is 24.2 Å². The van der Waals surface area contributed by atoms with E-state index in [4.69, 9.17) is 25.8 Å². The maximum absolute atomic E-state index is 6.49. The first kappa shape index (κ1) is 21.0. The lowest BCUT2D eigenvalue weighted by molar-refractivity contribution is 0.284. The summed E-state index contributed by atoms with van der Waals surface area (Å²) >= 11 is 6.49. The Morgan fingerprint density at radius 2 is 1.62 bits per heavy atom. The second kappa shape index (κ2) is 10.2. The van der Waals surface area contributed by atoms with Crippen LogP contribution in [0.4, 0.5) is 0 Å². The third-order valence-electron chi connectivity index (χ3n) is 4.61. The summed E-state index contributed by atoms with van der Waals surface area (Å²) in [6, 6.07) is 20.0. The van der Waals surface area contributed by atoms with Crippen LogP contribution >= 0.6 is 11.6 Å². The number of halogens is 1. The van der Waals surface area contributed by atoms with Gasteiger partial charge in [-0.05, 0) is 41.8 Å². The second-order valence-corrected chi connectivity index (χ2v) is 7.23. The van der Waals surface area contributed by atoms with Crippen LogP contribution in [0.2, 0.25) is 5.02 Å². The van der Waals surface area contributed by atoms with Crippen LogP contribution in [-0.4, -0.2) is 14.2 Å². The van der Waals surface area contributed by atoms with E-state index in [9.17, 15) is 0 Å². The summed E-state index contributed by atoms with van der Waals surface area (Å²) in [5, 5.41) is 4.06. The normalized spacial score (nSPS) is 10.6. The molecule has 0 saturated heterocycles. The van der Waals surface area contributed by atoms with Crippen molar-refractivity contribution in [1.82, 2.24) is 5.32 Å². The van der Waals surface area contributed by atoms with Gasteiger partial charge in [-0.1, -0.05) is 53.6 Å². The average molecular weight is 412 g/mol. The Hall–Kier alpha value is -2.69. The molecule has 152 valence electrons. The Morgan fingerprint density at radius 3 is 2.31 bits per heavy atom. The van der Waals surface area contributed by atoms with Crippen molar-refractivity contribution in [2.24, 2.45) is 0 Å². The van der Waals surface area contributed by atoms with Gasteiger partial charge in [0.1, 0.15) is 12.4 Å². The minimum absolute atomic E-state index is 0.462. The Balaban J connectivity index is 1.62. The molecule has 3 rings (SSSR count). The van der Waals surface area contributed by atoms with E-state index >= 15 is 0 Å². The van der Waals surface area contributed by atoms with Crippen molar-refractivity contribution in [1.29, 1.82) is 0 Å². The monoisotopic (exact) mass is 411 g/mol. The maximum Gasteiger partial charge on any atom is 0.163 e. The third-order valence-corrected chi connectivity index (χ3v) is 4.96. The standard InChI is InChI=1S/C24H26ClNO3/c1-17-5-4-6-19(11-17)16-29-24-13-22(25)20(12-23(24)28-3)15-26-14-18-7-9-21(27-2)10-8-18/h4-13,26H,14-16H2,1-3H3. The molecule has 0 aliphatic heterocycles. The maximum atomic E-state index is 6.49. The Morgan fingerprint density at radius 1 is 0.828 bits per heavy atom. The highest BCUT2D eigenvalue weighted by atomic mass is 35.5. The van der Waals surface area contributed by atoms with Gasteiger partial charge in [0.05, 0.1) is 14.2 Å². The molecule has 5 heteroatoms. The predicted octanol–water partition coefficient (Wildman–Crippen LogP) is 5.53. The molecule has 0 heterocycles. The second-order valence-electron chi connectivity index (χ2n) is 6.82. The van der Waals surface area contributed by atoms with E-state index in [1.165, 1.54) is 11.1 Å². The fraction of sp³-hybridized carbons (Fsp3) is 0.250. The number of rotatable bonds is 9. The van der Waals surface area contributed by atoms with Gasteiger partial charge < -0.3 is 19.5 Å². The van der Waals surface area contributed by atoms with Crippen LogP contribution in [0.5, 0.6) is 17.2 Å². The van der Waals surface area contributed by atoms with Crippen molar-refractivity contribution in [2.45, 2.75) is 26.6 Å². The van der Waals surface area contributed by atoms with Crippen LogP contribution in [0, 0.1) is 6.92 Å². The molecular weight excluding hydrogens is 386 g/mol. The van der Waals surface area contributed by atoms with Gasteiger partial charge in [-0.2, -0.15) is 0 Å². The molecule has 29 heavy (non-hydrogen) atoms. The number of hydrogen-bond acceptors (Lipinski definition) is 4. The fourth-order valence-electron chi connectivity index (χ4n) is 3.03. The molecule has 0 radical (unpaired) electrons. The molecule has 0 atom stereocenters. The SMILES string of the molecule is COc1ccc(CNCc2cc(OC)c(OCc3cccc(C)c3)cc2Cl)cc1. The van der Waals surface area contributed by atoms with Crippen LogP contribution in [-0.2, 0) is 19.7 Å². The predicted molar refractivity (Wildman–Crippen MR) is 117 cm³/mol. The van der Waals surface area contributed by atoms with E-state index < -0.39 is 0 Å². The van der Waals surface area contributed by atoms with Crippen LogP contribution in [0.1, 0.15) is 22.3 Å². The summed E-state index contributed by atoms with van der Waals surface area (Å²) in [5.41, 5.74) is 4.44. The Bertz CT molecular complexity index is 941. The Kier molecular flexibility index (Phi) is 7.39. The van der Waals surface area contributed by atoms with Gasteiger partial charge in [-0.15, -0.1) is 0 Å². The zero-order valence-electron chi connectivity index (χ0n) is 17.0. The molecule has 0 amide bonds. The highest BCUT2D eigenvalue weighted by Gasteiger charge is 2.11. The molecule has 1 N–H and O–H groups in total. The zero-order chi connectivity index (χ0) is 20.6. The van der Waals surface area contributed by atoms with Gasteiger partial charge in [0.25, 0.3) is 0 Å². The molecule has 0 saturated carbocycles. The molecule has 3 aromatic carbocycles. The number of benzene rings is 3. The van der Waals surface area contributed by atoms with E-state index in [1.807, 2.05) is 48.5 Å². The van der Waals surface area contributed by atoms with Crippen molar-refractivity contribution in [2.75, 3.05) is 14.2 Å². The number of methoxy groups -OCH3 is 2. The van der Waals surface area contributed by atoms with Gasteiger partial charge in [0.2, 0.25) is 0 Å². The largest absolute Gasteiger partial charge is 0.497 e. The summed E-state index contributed by atoms with van der Waals surface area (Å²) < 4.78 is 16.7.